The lowest BCUT2D eigenvalue weighted by Gasteiger charge is -2.02. The topological polar surface area (TPSA) is 82.6 Å². The highest BCUT2D eigenvalue weighted by molar-refractivity contribution is 7.85. The van der Waals surface area contributed by atoms with Crippen molar-refractivity contribution < 1.29 is 22.1 Å². The summed E-state index contributed by atoms with van der Waals surface area (Å²) in [5.41, 5.74) is 1.42. The van der Waals surface area contributed by atoms with Crippen LogP contribution in [0.4, 0.5) is 0 Å². The molecule has 1 aromatic rings. The number of rotatable bonds is 5. The van der Waals surface area contributed by atoms with Gasteiger partial charge in [0.25, 0.3) is 10.1 Å². The second-order valence-corrected chi connectivity index (χ2v) is 5.93. The van der Waals surface area contributed by atoms with Gasteiger partial charge in [0, 0.05) is 6.42 Å². The van der Waals surface area contributed by atoms with Crippen LogP contribution in [0, 0.1) is 18.8 Å². The Labute approximate surface area is 124 Å². The van der Waals surface area contributed by atoms with Crippen LogP contribution >= 0.6 is 0 Å². The molecule has 0 N–H and O–H groups in total. The van der Waals surface area contributed by atoms with Gasteiger partial charge in [-0.1, -0.05) is 12.0 Å². The molecular weight excluding hydrogens is 294 g/mol. The zero-order chi connectivity index (χ0) is 15.9. The molecule has 1 rings (SSSR count). The van der Waals surface area contributed by atoms with E-state index in [1.807, 2.05) is 0 Å². The molecule has 7 heteroatoms. The Hall–Kier alpha value is -1.91. The molecule has 0 aliphatic carbocycles. The molecule has 0 saturated carbocycles. The molecular formula is C14H17NO5S. The molecule has 0 radical (unpaired) electrons. The van der Waals surface area contributed by atoms with E-state index in [1.165, 1.54) is 7.11 Å². The minimum atomic E-state index is -3.40. The molecule has 1 aromatic heterocycles. The van der Waals surface area contributed by atoms with Crippen molar-refractivity contribution in [3.8, 4) is 11.8 Å². The lowest BCUT2D eigenvalue weighted by molar-refractivity contribution is 0.0593. The van der Waals surface area contributed by atoms with Gasteiger partial charge < -0.3 is 4.74 Å². The van der Waals surface area contributed by atoms with E-state index in [0.717, 1.165) is 6.26 Å². The normalized spacial score (nSPS) is 10.6. The quantitative estimate of drug-likeness (QED) is 0.353. The zero-order valence-corrected chi connectivity index (χ0v) is 13.0. The van der Waals surface area contributed by atoms with Crippen molar-refractivity contribution in [2.75, 3.05) is 20.0 Å². The first-order valence-electron chi connectivity index (χ1n) is 6.22. The summed E-state index contributed by atoms with van der Waals surface area (Å²) in [4.78, 5) is 15.6. The molecule has 1 heterocycles. The number of pyridine rings is 1. The van der Waals surface area contributed by atoms with Gasteiger partial charge in [0.2, 0.25) is 0 Å². The molecule has 114 valence electrons. The number of nitrogens with zero attached hydrogens (tertiary/aromatic N) is 1. The molecule has 0 aromatic carbocycles. The van der Waals surface area contributed by atoms with Gasteiger partial charge in [0.1, 0.15) is 5.69 Å². The molecule has 21 heavy (non-hydrogen) atoms. The fourth-order valence-electron chi connectivity index (χ4n) is 1.43. The third-order valence-electron chi connectivity index (χ3n) is 2.44. The van der Waals surface area contributed by atoms with Crippen molar-refractivity contribution in [1.82, 2.24) is 4.98 Å². The van der Waals surface area contributed by atoms with Crippen molar-refractivity contribution in [3.05, 3.63) is 29.1 Å². The Morgan fingerprint density at radius 3 is 2.71 bits per heavy atom. The average Bonchev–Trinajstić information content (AvgIpc) is 2.42. The van der Waals surface area contributed by atoms with Crippen LogP contribution < -0.4 is 0 Å². The number of carbonyl (C=O) groups is 1. The smallest absolute Gasteiger partial charge is 0.356 e. The van der Waals surface area contributed by atoms with Crippen LogP contribution in [-0.2, 0) is 19.0 Å². The number of unbranched alkanes of at least 4 members (excludes halogenated alkanes) is 1. The van der Waals surface area contributed by atoms with Gasteiger partial charge in [-0.3, -0.25) is 4.18 Å². The average molecular weight is 311 g/mol. The van der Waals surface area contributed by atoms with E-state index in [2.05, 4.69) is 25.7 Å². The number of esters is 1. The molecule has 0 amide bonds. The Morgan fingerprint density at radius 2 is 2.10 bits per heavy atom. The van der Waals surface area contributed by atoms with Crippen LogP contribution in [0.3, 0.4) is 0 Å². The highest BCUT2D eigenvalue weighted by Crippen LogP contribution is 2.07. The SMILES string of the molecule is COC(=O)c1nc(C#CCCCOS(C)(=O)=O)ccc1C. The third kappa shape index (κ3) is 6.38. The van der Waals surface area contributed by atoms with Crippen molar-refractivity contribution in [3.63, 3.8) is 0 Å². The fraction of sp³-hybridized carbons (Fsp3) is 0.429. The van der Waals surface area contributed by atoms with Gasteiger partial charge in [-0.25, -0.2) is 9.78 Å². The zero-order valence-electron chi connectivity index (χ0n) is 12.2. The van der Waals surface area contributed by atoms with E-state index >= 15 is 0 Å². The van der Waals surface area contributed by atoms with Crippen LogP contribution in [0.25, 0.3) is 0 Å². The standard InChI is InChI=1S/C14H17NO5S/c1-11-8-9-12(15-13(11)14(16)19-2)7-5-4-6-10-20-21(3,17)18/h8-9H,4,6,10H2,1-3H3. The molecule has 0 fully saturated rings. The maximum atomic E-state index is 11.5. The second-order valence-electron chi connectivity index (χ2n) is 4.29. The van der Waals surface area contributed by atoms with Crippen LogP contribution in [0.5, 0.6) is 0 Å². The lowest BCUT2D eigenvalue weighted by Crippen LogP contribution is -2.07. The van der Waals surface area contributed by atoms with E-state index in [4.69, 9.17) is 0 Å². The fourth-order valence-corrected chi connectivity index (χ4v) is 1.85. The van der Waals surface area contributed by atoms with E-state index < -0.39 is 16.1 Å². The molecule has 0 atom stereocenters. The Kier molecular flexibility index (Phi) is 6.34. The summed E-state index contributed by atoms with van der Waals surface area (Å²) >= 11 is 0. The molecule has 0 aliphatic heterocycles. The summed E-state index contributed by atoms with van der Waals surface area (Å²) in [6.45, 7) is 1.86. The monoisotopic (exact) mass is 311 g/mol. The summed E-state index contributed by atoms with van der Waals surface area (Å²) in [6.07, 6.45) is 1.97. The second kappa shape index (κ2) is 7.76. The summed E-state index contributed by atoms with van der Waals surface area (Å²) in [6, 6.07) is 3.46. The van der Waals surface area contributed by atoms with Gasteiger partial charge >= 0.3 is 5.97 Å². The van der Waals surface area contributed by atoms with E-state index in [1.54, 1.807) is 19.1 Å². The molecule has 0 aliphatic rings. The third-order valence-corrected chi connectivity index (χ3v) is 3.03. The number of aryl methyl sites for hydroxylation is 1. The molecule has 0 spiro atoms. The lowest BCUT2D eigenvalue weighted by atomic mass is 10.2. The highest BCUT2D eigenvalue weighted by atomic mass is 32.2. The van der Waals surface area contributed by atoms with Gasteiger partial charge in [-0.05, 0) is 30.9 Å². The first-order valence-corrected chi connectivity index (χ1v) is 8.04. The summed E-state index contributed by atoms with van der Waals surface area (Å²) in [5, 5.41) is 0. The first kappa shape index (κ1) is 17.1. The van der Waals surface area contributed by atoms with Crippen molar-refractivity contribution in [2.24, 2.45) is 0 Å². The Balaban J connectivity index is 2.60. The van der Waals surface area contributed by atoms with E-state index in [0.29, 0.717) is 24.1 Å². The van der Waals surface area contributed by atoms with Crippen LogP contribution in [0.2, 0.25) is 0 Å². The largest absolute Gasteiger partial charge is 0.464 e. The van der Waals surface area contributed by atoms with Gasteiger partial charge in [0.05, 0.1) is 20.0 Å². The summed E-state index contributed by atoms with van der Waals surface area (Å²) < 4.78 is 30.7. The number of ether oxygens (including phenoxy) is 1. The maximum Gasteiger partial charge on any atom is 0.356 e. The van der Waals surface area contributed by atoms with E-state index in [9.17, 15) is 13.2 Å². The van der Waals surface area contributed by atoms with Gasteiger partial charge in [-0.2, -0.15) is 8.42 Å². The van der Waals surface area contributed by atoms with Crippen LogP contribution in [0.15, 0.2) is 12.1 Å². The number of methoxy groups -OCH3 is 1. The minimum absolute atomic E-state index is 0.0995. The maximum absolute atomic E-state index is 11.5. The van der Waals surface area contributed by atoms with Crippen molar-refractivity contribution >= 4 is 16.1 Å². The van der Waals surface area contributed by atoms with E-state index in [-0.39, 0.29) is 12.3 Å². The highest BCUT2D eigenvalue weighted by Gasteiger charge is 2.10. The van der Waals surface area contributed by atoms with Crippen LogP contribution in [0.1, 0.15) is 34.6 Å². The first-order chi connectivity index (χ1) is 9.83. The molecule has 0 bridgehead atoms. The van der Waals surface area contributed by atoms with Crippen molar-refractivity contribution in [2.45, 2.75) is 19.8 Å². The van der Waals surface area contributed by atoms with Gasteiger partial charge in [-0.15, -0.1) is 0 Å². The number of hydrogen-bond donors (Lipinski definition) is 0. The predicted octanol–water partition coefficient (Wildman–Crippen LogP) is 1.28. The molecule has 0 unspecified atom stereocenters. The predicted molar refractivity (Wildman–Crippen MR) is 77.2 cm³/mol. The number of aromatic nitrogens is 1. The Morgan fingerprint density at radius 1 is 1.38 bits per heavy atom. The molecule has 6 nitrogen and oxygen atoms in total. The summed E-state index contributed by atoms with van der Waals surface area (Å²) in [5.74, 6) is 5.16. The minimum Gasteiger partial charge on any atom is -0.464 e. The molecule has 0 saturated heterocycles. The summed E-state index contributed by atoms with van der Waals surface area (Å²) in [7, 11) is -2.10. The van der Waals surface area contributed by atoms with Crippen molar-refractivity contribution in [1.29, 1.82) is 0 Å². The van der Waals surface area contributed by atoms with Crippen LogP contribution in [-0.4, -0.2) is 39.3 Å². The Bertz CT molecular complexity index is 670. The number of hydrogen-bond acceptors (Lipinski definition) is 6. The van der Waals surface area contributed by atoms with Gasteiger partial charge in [0.15, 0.2) is 5.69 Å². The number of carbonyl (C=O) groups excluding carboxylic acids is 1.